The van der Waals surface area contributed by atoms with Gasteiger partial charge in [0.2, 0.25) is 10.0 Å². The number of ether oxygens (including phenoxy) is 1. The molecule has 0 unspecified atom stereocenters. The lowest BCUT2D eigenvalue weighted by molar-refractivity contribution is -0.149. The number of aromatic nitrogens is 1. The fourth-order valence-electron chi connectivity index (χ4n) is 2.33. The molecule has 1 amide bonds. The quantitative estimate of drug-likeness (QED) is 0.584. The number of amides is 1. The van der Waals surface area contributed by atoms with Gasteiger partial charge in [-0.2, -0.15) is 4.31 Å². The topological polar surface area (TPSA) is 115 Å². The fraction of sp³-hybridized carbons (Fsp3) is 0.562. The first-order valence-corrected chi connectivity index (χ1v) is 9.87. The third-order valence-electron chi connectivity index (χ3n) is 3.91. The zero-order valence-electron chi connectivity index (χ0n) is 14.8. The van der Waals surface area contributed by atoms with E-state index in [0.717, 1.165) is 29.7 Å². The zero-order chi connectivity index (χ0) is 19.3. The largest absolute Gasteiger partial charge is 0.454 e. The van der Waals surface area contributed by atoms with E-state index in [1.165, 1.54) is 10.4 Å². The molecule has 0 saturated heterocycles. The minimum Gasteiger partial charge on any atom is -0.454 e. The Kier molecular flexibility index (Phi) is 6.54. The van der Waals surface area contributed by atoms with Crippen LogP contribution in [-0.4, -0.2) is 54.9 Å². The Balaban J connectivity index is 2.05. The minimum atomic E-state index is -3.75. The standard InChI is InChI=1S/C16H23N3O6S/c1-3-19(4-2)26(23,24)13-7-8-15(21)18(9-13)10-16(22)25-11-14(20)17-12-5-6-12/h7-9,12H,3-6,10-11H2,1-2H3,(H,17,20). The average molecular weight is 385 g/mol. The van der Waals surface area contributed by atoms with Gasteiger partial charge in [0.05, 0.1) is 4.90 Å². The van der Waals surface area contributed by atoms with Crippen molar-refractivity contribution >= 4 is 21.9 Å². The first-order valence-electron chi connectivity index (χ1n) is 8.43. The van der Waals surface area contributed by atoms with E-state index in [-0.39, 0.29) is 24.0 Å². The highest BCUT2D eigenvalue weighted by molar-refractivity contribution is 7.89. The van der Waals surface area contributed by atoms with Crippen LogP contribution in [0.1, 0.15) is 26.7 Å². The zero-order valence-corrected chi connectivity index (χ0v) is 15.6. The molecule has 0 aromatic carbocycles. The Morgan fingerprint density at radius 3 is 2.50 bits per heavy atom. The number of pyridine rings is 1. The number of nitrogens with one attached hydrogen (secondary N) is 1. The maximum Gasteiger partial charge on any atom is 0.326 e. The fourth-order valence-corrected chi connectivity index (χ4v) is 3.80. The molecule has 1 fully saturated rings. The van der Waals surface area contributed by atoms with Gasteiger partial charge in [-0.3, -0.25) is 14.4 Å². The molecular weight excluding hydrogens is 362 g/mol. The van der Waals surface area contributed by atoms with Crippen molar-refractivity contribution in [1.29, 1.82) is 0 Å². The number of nitrogens with zero attached hydrogens (tertiary/aromatic N) is 2. The Morgan fingerprint density at radius 2 is 1.92 bits per heavy atom. The predicted molar refractivity (Wildman–Crippen MR) is 92.9 cm³/mol. The van der Waals surface area contributed by atoms with Crippen molar-refractivity contribution in [2.24, 2.45) is 0 Å². The number of rotatable bonds is 9. The Labute approximate surface area is 152 Å². The van der Waals surface area contributed by atoms with Crippen LogP contribution in [0.15, 0.2) is 28.0 Å². The first-order chi connectivity index (χ1) is 12.3. The third-order valence-corrected chi connectivity index (χ3v) is 5.94. The van der Waals surface area contributed by atoms with E-state index in [9.17, 15) is 22.8 Å². The molecule has 1 saturated carbocycles. The number of esters is 1. The Hall–Kier alpha value is -2.20. The SMILES string of the molecule is CCN(CC)S(=O)(=O)c1ccc(=O)n(CC(=O)OCC(=O)NC2CC2)c1. The molecule has 1 aliphatic carbocycles. The predicted octanol–water partition coefficient (Wildman–Crippen LogP) is -0.299. The van der Waals surface area contributed by atoms with Crippen molar-refractivity contribution in [2.75, 3.05) is 19.7 Å². The van der Waals surface area contributed by atoms with Crippen LogP contribution >= 0.6 is 0 Å². The van der Waals surface area contributed by atoms with E-state index < -0.39 is 40.6 Å². The molecule has 1 aliphatic rings. The second kappa shape index (κ2) is 8.45. The monoisotopic (exact) mass is 385 g/mol. The molecule has 0 atom stereocenters. The number of carbonyl (C=O) groups excluding carboxylic acids is 2. The first kappa shape index (κ1) is 20.1. The highest BCUT2D eigenvalue weighted by atomic mass is 32.2. The van der Waals surface area contributed by atoms with Gasteiger partial charge in [0.25, 0.3) is 11.5 Å². The lowest BCUT2D eigenvalue weighted by Gasteiger charge is -2.18. The van der Waals surface area contributed by atoms with Gasteiger partial charge in [-0.25, -0.2) is 8.42 Å². The van der Waals surface area contributed by atoms with E-state index in [1.54, 1.807) is 13.8 Å². The Morgan fingerprint density at radius 1 is 1.27 bits per heavy atom. The normalized spacial score (nSPS) is 14.3. The second-order valence-electron chi connectivity index (χ2n) is 5.92. The van der Waals surface area contributed by atoms with E-state index in [2.05, 4.69) is 5.32 Å². The van der Waals surface area contributed by atoms with Crippen LogP contribution in [0.25, 0.3) is 0 Å². The van der Waals surface area contributed by atoms with Gasteiger partial charge < -0.3 is 14.6 Å². The van der Waals surface area contributed by atoms with Gasteiger partial charge in [-0.15, -0.1) is 0 Å². The molecule has 0 spiro atoms. The van der Waals surface area contributed by atoms with Crippen molar-refractivity contribution < 1.29 is 22.7 Å². The van der Waals surface area contributed by atoms with Gasteiger partial charge in [-0.05, 0) is 18.9 Å². The number of sulfonamides is 1. The van der Waals surface area contributed by atoms with Crippen LogP contribution in [0.2, 0.25) is 0 Å². The maximum absolute atomic E-state index is 12.5. The lowest BCUT2D eigenvalue weighted by atomic mass is 10.4. The highest BCUT2D eigenvalue weighted by Crippen LogP contribution is 2.18. The smallest absolute Gasteiger partial charge is 0.326 e. The molecule has 0 radical (unpaired) electrons. The molecule has 2 rings (SSSR count). The number of hydrogen-bond acceptors (Lipinski definition) is 6. The lowest BCUT2D eigenvalue weighted by Crippen LogP contribution is -2.33. The summed E-state index contributed by atoms with van der Waals surface area (Å²) >= 11 is 0. The van der Waals surface area contributed by atoms with E-state index in [4.69, 9.17) is 4.74 Å². The highest BCUT2D eigenvalue weighted by Gasteiger charge is 2.24. The second-order valence-corrected chi connectivity index (χ2v) is 7.86. The summed E-state index contributed by atoms with van der Waals surface area (Å²) in [4.78, 5) is 35.2. The van der Waals surface area contributed by atoms with Gasteiger partial charge >= 0.3 is 5.97 Å². The molecule has 26 heavy (non-hydrogen) atoms. The molecule has 9 nitrogen and oxygen atoms in total. The summed E-state index contributed by atoms with van der Waals surface area (Å²) in [6.07, 6.45) is 2.95. The van der Waals surface area contributed by atoms with Crippen molar-refractivity contribution in [3.8, 4) is 0 Å². The number of hydrogen-bond donors (Lipinski definition) is 1. The third kappa shape index (κ3) is 5.15. The van der Waals surface area contributed by atoms with Crippen molar-refractivity contribution in [3.63, 3.8) is 0 Å². The molecule has 1 N–H and O–H groups in total. The summed E-state index contributed by atoms with van der Waals surface area (Å²) in [5.41, 5.74) is -0.539. The number of carbonyl (C=O) groups is 2. The van der Waals surface area contributed by atoms with Crippen molar-refractivity contribution in [1.82, 2.24) is 14.2 Å². The van der Waals surface area contributed by atoms with E-state index >= 15 is 0 Å². The summed E-state index contributed by atoms with van der Waals surface area (Å²) < 4.78 is 32.1. The molecular formula is C16H23N3O6S. The molecule has 144 valence electrons. The molecule has 1 aromatic heterocycles. The van der Waals surface area contributed by atoms with Crippen molar-refractivity contribution in [3.05, 3.63) is 28.7 Å². The molecule has 1 aromatic rings. The summed E-state index contributed by atoms with van der Waals surface area (Å²) in [7, 11) is -3.75. The van der Waals surface area contributed by atoms with Gasteiger partial charge in [0.15, 0.2) is 6.61 Å². The van der Waals surface area contributed by atoms with Gasteiger partial charge in [0, 0.05) is 31.4 Å². The minimum absolute atomic E-state index is 0.0833. The van der Waals surface area contributed by atoms with Crippen LogP contribution in [-0.2, 0) is 30.9 Å². The molecule has 0 bridgehead atoms. The molecule has 10 heteroatoms. The van der Waals surface area contributed by atoms with Crippen LogP contribution in [0.5, 0.6) is 0 Å². The van der Waals surface area contributed by atoms with Gasteiger partial charge in [-0.1, -0.05) is 13.8 Å². The van der Waals surface area contributed by atoms with Crippen molar-refractivity contribution in [2.45, 2.75) is 44.2 Å². The molecule has 0 aliphatic heterocycles. The Bertz CT molecular complexity index is 825. The van der Waals surface area contributed by atoms with Crippen LogP contribution in [0.3, 0.4) is 0 Å². The summed E-state index contributed by atoms with van der Waals surface area (Å²) in [6.45, 7) is 3.09. The average Bonchev–Trinajstić information content (AvgIpc) is 3.39. The van der Waals surface area contributed by atoms with Crippen LogP contribution < -0.4 is 10.9 Å². The summed E-state index contributed by atoms with van der Waals surface area (Å²) in [5, 5.41) is 2.67. The maximum atomic E-state index is 12.5. The van der Waals surface area contributed by atoms with Gasteiger partial charge in [0.1, 0.15) is 6.54 Å². The van der Waals surface area contributed by atoms with Crippen LogP contribution in [0, 0.1) is 0 Å². The summed E-state index contributed by atoms with van der Waals surface area (Å²) in [6, 6.07) is 2.45. The molecule has 1 heterocycles. The van der Waals surface area contributed by atoms with E-state index in [1.807, 2.05) is 0 Å². The van der Waals surface area contributed by atoms with Crippen LogP contribution in [0.4, 0.5) is 0 Å². The van der Waals surface area contributed by atoms with E-state index in [0.29, 0.717) is 0 Å². The summed E-state index contributed by atoms with van der Waals surface area (Å²) in [5.74, 6) is -1.19.